The maximum atomic E-state index is 12.9. The van der Waals surface area contributed by atoms with Gasteiger partial charge in [-0.15, -0.1) is 0 Å². The van der Waals surface area contributed by atoms with Crippen molar-refractivity contribution >= 4 is 5.91 Å². The molecule has 0 aliphatic heterocycles. The van der Waals surface area contributed by atoms with Crippen molar-refractivity contribution < 1.29 is 14.3 Å². The molecule has 0 amide bonds. The first-order chi connectivity index (χ1) is 11.9. The Morgan fingerprint density at radius 3 is 2.68 bits per heavy atom. The molecule has 1 saturated carbocycles. The van der Waals surface area contributed by atoms with Gasteiger partial charge in [0.25, 0.3) is 5.91 Å². The van der Waals surface area contributed by atoms with Crippen molar-refractivity contribution in [2.24, 2.45) is 11.3 Å². The van der Waals surface area contributed by atoms with Gasteiger partial charge in [0.05, 0.1) is 32.0 Å². The van der Waals surface area contributed by atoms with Crippen LogP contribution in [0.15, 0.2) is 18.2 Å². The quantitative estimate of drug-likeness (QED) is 0.856. The Labute approximate surface area is 147 Å². The summed E-state index contributed by atoms with van der Waals surface area (Å²) in [6.45, 7) is 6.65. The Balaban J connectivity index is 1.60. The topological polar surface area (TPSA) is 53.4 Å². The lowest BCUT2D eigenvalue weighted by Gasteiger charge is -2.11. The van der Waals surface area contributed by atoms with Crippen LogP contribution in [-0.4, -0.2) is 29.9 Å². The minimum Gasteiger partial charge on any atom is -0.493 e. The molecule has 1 fully saturated rings. The maximum Gasteiger partial charge on any atom is 0.251 e. The molecule has 0 radical (unpaired) electrons. The van der Waals surface area contributed by atoms with Gasteiger partial charge in [-0.05, 0) is 48.3 Å². The predicted octanol–water partition coefficient (Wildman–Crippen LogP) is 3.39. The highest BCUT2D eigenvalue weighted by Crippen LogP contribution is 2.70. The molecule has 2 atom stereocenters. The van der Waals surface area contributed by atoms with Crippen LogP contribution in [0.4, 0.5) is 0 Å². The third-order valence-corrected chi connectivity index (χ3v) is 6.02. The normalized spacial score (nSPS) is 22.3. The summed E-state index contributed by atoms with van der Waals surface area (Å²) in [5.74, 6) is 2.55. The highest BCUT2D eigenvalue weighted by Gasteiger charge is 2.64. The second-order valence-electron chi connectivity index (χ2n) is 7.73. The molecule has 0 bridgehead atoms. The number of hydrogen-bond donors (Lipinski definition) is 0. The van der Waals surface area contributed by atoms with Gasteiger partial charge in [-0.3, -0.25) is 4.79 Å². The molecule has 0 N–H and O–H groups in total. The van der Waals surface area contributed by atoms with E-state index >= 15 is 0 Å². The maximum absolute atomic E-state index is 12.9. The number of fused-ring (bicyclic) bond motifs is 3. The Hall–Kier alpha value is -2.30. The summed E-state index contributed by atoms with van der Waals surface area (Å²) in [6.07, 6.45) is 1.26. The molecule has 0 saturated heterocycles. The van der Waals surface area contributed by atoms with E-state index in [-0.39, 0.29) is 5.91 Å². The van der Waals surface area contributed by atoms with Crippen molar-refractivity contribution in [2.45, 2.75) is 39.5 Å². The highest BCUT2D eigenvalue weighted by atomic mass is 16.5. The molecular weight excluding hydrogens is 316 g/mol. The van der Waals surface area contributed by atoms with Gasteiger partial charge >= 0.3 is 0 Å². The van der Waals surface area contributed by atoms with E-state index in [9.17, 15) is 4.79 Å². The number of hydrogen-bond acceptors (Lipinski definition) is 4. The summed E-state index contributed by atoms with van der Waals surface area (Å²) < 4.78 is 12.2. The summed E-state index contributed by atoms with van der Waals surface area (Å²) in [5.41, 5.74) is 4.70. The molecule has 4 rings (SSSR count). The molecule has 2 aromatic rings. The number of rotatable bonds is 4. The van der Waals surface area contributed by atoms with E-state index in [1.807, 2.05) is 25.1 Å². The van der Waals surface area contributed by atoms with E-state index < -0.39 is 0 Å². The van der Waals surface area contributed by atoms with E-state index in [0.29, 0.717) is 35.2 Å². The lowest BCUT2D eigenvalue weighted by Crippen LogP contribution is -2.18. The van der Waals surface area contributed by atoms with Gasteiger partial charge in [-0.2, -0.15) is 5.10 Å². The first-order valence-corrected chi connectivity index (χ1v) is 8.71. The molecule has 2 aliphatic carbocycles. The van der Waals surface area contributed by atoms with Crippen LogP contribution >= 0.6 is 0 Å². The number of nitrogens with zero attached hydrogens (tertiary/aromatic N) is 2. The molecule has 5 nitrogen and oxygen atoms in total. The standard InChI is InChI=1S/C20H24N2O3/c1-11-18-14(10-13-19(18)20(13,2)3)22(21-11)17(23)9-12-6-7-15(24-4)16(8-12)25-5/h6-8,13,19H,9-10H2,1-5H3/t13-,19+/m0/s1. The van der Waals surface area contributed by atoms with Crippen LogP contribution in [0, 0.1) is 18.3 Å². The minimum atomic E-state index is 0.00989. The van der Waals surface area contributed by atoms with E-state index in [0.717, 1.165) is 23.4 Å². The van der Waals surface area contributed by atoms with Crippen LogP contribution in [-0.2, 0) is 12.8 Å². The lowest BCUT2D eigenvalue weighted by atomic mass is 9.98. The average molecular weight is 340 g/mol. The summed E-state index contributed by atoms with van der Waals surface area (Å²) in [7, 11) is 3.20. The van der Waals surface area contributed by atoms with Crippen molar-refractivity contribution in [1.82, 2.24) is 9.78 Å². The van der Waals surface area contributed by atoms with Crippen molar-refractivity contribution in [2.75, 3.05) is 14.2 Å². The fourth-order valence-electron chi connectivity index (χ4n) is 4.54. The number of methoxy groups -OCH3 is 2. The first-order valence-electron chi connectivity index (χ1n) is 8.71. The van der Waals surface area contributed by atoms with Gasteiger partial charge in [0.2, 0.25) is 0 Å². The van der Waals surface area contributed by atoms with Crippen LogP contribution in [0.3, 0.4) is 0 Å². The van der Waals surface area contributed by atoms with Crippen molar-refractivity contribution in [3.63, 3.8) is 0 Å². The molecule has 25 heavy (non-hydrogen) atoms. The van der Waals surface area contributed by atoms with Gasteiger partial charge in [0, 0.05) is 5.56 Å². The average Bonchev–Trinajstić information content (AvgIpc) is 2.94. The van der Waals surface area contributed by atoms with Crippen molar-refractivity contribution in [3.8, 4) is 11.5 Å². The van der Waals surface area contributed by atoms with Gasteiger partial charge < -0.3 is 9.47 Å². The number of carbonyl (C=O) groups is 1. The third kappa shape index (κ3) is 2.29. The fraction of sp³-hybridized carbons (Fsp3) is 0.500. The first kappa shape index (κ1) is 16.2. The minimum absolute atomic E-state index is 0.00989. The fourth-order valence-corrected chi connectivity index (χ4v) is 4.54. The van der Waals surface area contributed by atoms with E-state index in [2.05, 4.69) is 18.9 Å². The second-order valence-corrected chi connectivity index (χ2v) is 7.73. The van der Waals surface area contributed by atoms with E-state index in [4.69, 9.17) is 9.47 Å². The molecule has 1 heterocycles. The van der Waals surface area contributed by atoms with Gasteiger partial charge in [0.15, 0.2) is 11.5 Å². The van der Waals surface area contributed by atoms with Crippen molar-refractivity contribution in [1.29, 1.82) is 0 Å². The Morgan fingerprint density at radius 2 is 2.00 bits per heavy atom. The zero-order valence-corrected chi connectivity index (χ0v) is 15.4. The zero-order valence-electron chi connectivity index (χ0n) is 15.4. The summed E-state index contributed by atoms with van der Waals surface area (Å²) in [4.78, 5) is 12.9. The molecule has 2 aliphatic rings. The van der Waals surface area contributed by atoms with Crippen LogP contribution in [0.25, 0.3) is 0 Å². The number of aryl methyl sites for hydroxylation is 1. The Morgan fingerprint density at radius 1 is 1.28 bits per heavy atom. The van der Waals surface area contributed by atoms with Crippen LogP contribution in [0.2, 0.25) is 0 Å². The molecular formula is C20H24N2O3. The van der Waals surface area contributed by atoms with Gasteiger partial charge in [-0.25, -0.2) is 4.68 Å². The molecule has 5 heteroatoms. The summed E-state index contributed by atoms with van der Waals surface area (Å²) in [5, 5.41) is 4.56. The van der Waals surface area contributed by atoms with Crippen LogP contribution < -0.4 is 9.47 Å². The number of aromatic nitrogens is 2. The largest absolute Gasteiger partial charge is 0.493 e. The number of ether oxygens (including phenoxy) is 2. The molecule has 1 aromatic carbocycles. The zero-order chi connectivity index (χ0) is 17.9. The number of benzene rings is 1. The Kier molecular flexibility index (Phi) is 3.46. The van der Waals surface area contributed by atoms with Crippen LogP contribution in [0.1, 0.15) is 47.1 Å². The highest BCUT2D eigenvalue weighted by molar-refractivity contribution is 5.82. The second kappa shape index (κ2) is 5.35. The third-order valence-electron chi connectivity index (χ3n) is 6.02. The van der Waals surface area contributed by atoms with Gasteiger partial charge in [0.1, 0.15) is 0 Å². The number of carbonyl (C=O) groups excluding carboxylic acids is 1. The van der Waals surface area contributed by atoms with Crippen molar-refractivity contribution in [3.05, 3.63) is 40.7 Å². The predicted molar refractivity (Wildman–Crippen MR) is 94.6 cm³/mol. The Bertz CT molecular complexity index is 866. The smallest absolute Gasteiger partial charge is 0.251 e. The van der Waals surface area contributed by atoms with Crippen LogP contribution in [0.5, 0.6) is 11.5 Å². The molecule has 1 aromatic heterocycles. The van der Waals surface area contributed by atoms with Gasteiger partial charge in [-0.1, -0.05) is 19.9 Å². The van der Waals surface area contributed by atoms with E-state index in [1.165, 1.54) is 5.56 Å². The summed E-state index contributed by atoms with van der Waals surface area (Å²) in [6, 6.07) is 5.59. The monoisotopic (exact) mass is 340 g/mol. The summed E-state index contributed by atoms with van der Waals surface area (Å²) >= 11 is 0. The molecule has 132 valence electrons. The molecule has 0 spiro atoms. The SMILES string of the molecule is COc1ccc(CC(=O)n2nc(C)c3c2C[C@H]2[C@H]3C2(C)C)cc1OC. The lowest BCUT2D eigenvalue weighted by molar-refractivity contribution is 0.0894. The molecule has 0 unspecified atom stereocenters. The van der Waals surface area contributed by atoms with E-state index in [1.54, 1.807) is 18.9 Å².